The lowest BCUT2D eigenvalue weighted by Gasteiger charge is -2.03. The highest BCUT2D eigenvalue weighted by Gasteiger charge is 2.11. The minimum atomic E-state index is -0.680. The van der Waals surface area contributed by atoms with Gasteiger partial charge in [-0.1, -0.05) is 0 Å². The Morgan fingerprint density at radius 2 is 1.82 bits per heavy atom. The second-order valence-electron chi connectivity index (χ2n) is 2.99. The highest BCUT2D eigenvalue weighted by Crippen LogP contribution is 2.01. The maximum absolute atomic E-state index is 11.3. The van der Waals surface area contributed by atoms with E-state index in [9.17, 15) is 14.7 Å². The van der Waals surface area contributed by atoms with E-state index in [1.165, 1.54) is 6.92 Å². The Kier molecular flexibility index (Phi) is 7.41. The Bertz CT molecular complexity index is 329. The van der Waals surface area contributed by atoms with Gasteiger partial charge in [0.1, 0.15) is 17.9 Å². The zero-order chi connectivity index (χ0) is 13.3. The summed E-state index contributed by atoms with van der Waals surface area (Å²) in [6.45, 7) is 4.93. The van der Waals surface area contributed by atoms with Crippen LogP contribution in [0.5, 0.6) is 0 Å². The minimum Gasteiger partial charge on any atom is -0.512 e. The van der Waals surface area contributed by atoms with E-state index in [1.807, 2.05) is 0 Å². The molecule has 1 N–H and O–H groups in total. The van der Waals surface area contributed by atoms with Gasteiger partial charge in [-0.3, -0.25) is 9.79 Å². The summed E-state index contributed by atoms with van der Waals surface area (Å²) >= 11 is 0. The molecule has 0 fully saturated rings. The summed E-state index contributed by atoms with van der Waals surface area (Å²) in [6.07, 6.45) is 1.10. The van der Waals surface area contributed by atoms with E-state index in [-0.39, 0.29) is 31.1 Å². The van der Waals surface area contributed by atoms with Gasteiger partial charge in [0.15, 0.2) is 0 Å². The van der Waals surface area contributed by atoms with Crippen LogP contribution >= 0.6 is 0 Å². The molecule has 0 aromatic rings. The number of aliphatic hydroxyl groups is 1. The molecule has 0 unspecified atom stereocenters. The molecule has 6 heteroatoms. The van der Waals surface area contributed by atoms with Gasteiger partial charge in [-0.05, 0) is 20.8 Å². The molecule has 0 aliphatic carbocycles. The number of esters is 2. The maximum Gasteiger partial charge on any atom is 0.343 e. The molecule has 0 bridgehead atoms. The van der Waals surface area contributed by atoms with Crippen molar-refractivity contribution in [1.29, 1.82) is 0 Å². The molecule has 0 amide bonds. The van der Waals surface area contributed by atoms with Gasteiger partial charge in [0, 0.05) is 6.21 Å². The van der Waals surface area contributed by atoms with Crippen LogP contribution in [0, 0.1) is 0 Å². The molecule has 17 heavy (non-hydrogen) atoms. The fourth-order valence-electron chi connectivity index (χ4n) is 0.921. The topological polar surface area (TPSA) is 85.2 Å². The average molecular weight is 243 g/mol. The standard InChI is InChI=1S/C11H17NO5/c1-4-16-10(14)7-12-6-9(8(3)13)11(15)17-5-2/h6,13H,4-5,7H2,1-3H3/b9-8+,12-6?. The highest BCUT2D eigenvalue weighted by molar-refractivity contribution is 6.10. The van der Waals surface area contributed by atoms with E-state index in [0.717, 1.165) is 6.21 Å². The largest absolute Gasteiger partial charge is 0.512 e. The summed E-state index contributed by atoms with van der Waals surface area (Å²) in [5.74, 6) is -1.39. The second kappa shape index (κ2) is 8.32. The molecule has 0 spiro atoms. The molecule has 6 nitrogen and oxygen atoms in total. The number of allylic oxidation sites excluding steroid dienone is 1. The molecule has 0 radical (unpaired) electrons. The van der Waals surface area contributed by atoms with Crippen LogP contribution in [0.25, 0.3) is 0 Å². The summed E-state index contributed by atoms with van der Waals surface area (Å²) in [7, 11) is 0. The lowest BCUT2D eigenvalue weighted by Crippen LogP contribution is -2.12. The van der Waals surface area contributed by atoms with Crippen molar-refractivity contribution in [2.24, 2.45) is 4.99 Å². The minimum absolute atomic E-state index is 0.0730. The van der Waals surface area contributed by atoms with E-state index in [1.54, 1.807) is 13.8 Å². The number of aliphatic hydroxyl groups excluding tert-OH is 1. The molecule has 0 aliphatic heterocycles. The number of rotatable bonds is 6. The Hall–Kier alpha value is -1.85. The van der Waals surface area contributed by atoms with E-state index >= 15 is 0 Å². The van der Waals surface area contributed by atoms with Crippen LogP contribution in [0.2, 0.25) is 0 Å². The zero-order valence-electron chi connectivity index (χ0n) is 10.2. The summed E-state index contributed by atoms with van der Waals surface area (Å²) in [5, 5.41) is 9.25. The number of hydrogen-bond donors (Lipinski definition) is 1. The first kappa shape index (κ1) is 15.2. The average Bonchev–Trinajstić information content (AvgIpc) is 2.24. The smallest absolute Gasteiger partial charge is 0.343 e. The molecule has 96 valence electrons. The van der Waals surface area contributed by atoms with Crippen LogP contribution in [0.15, 0.2) is 16.3 Å². The van der Waals surface area contributed by atoms with Gasteiger partial charge in [-0.2, -0.15) is 0 Å². The molecule has 0 saturated heterocycles. The summed E-state index contributed by atoms with van der Waals surface area (Å²) in [4.78, 5) is 26.0. The Morgan fingerprint density at radius 3 is 2.29 bits per heavy atom. The van der Waals surface area contributed by atoms with Crippen LogP contribution in [0.4, 0.5) is 0 Å². The quantitative estimate of drug-likeness (QED) is 0.326. The third-order valence-corrected chi connectivity index (χ3v) is 1.63. The lowest BCUT2D eigenvalue weighted by atomic mass is 10.2. The van der Waals surface area contributed by atoms with Gasteiger partial charge in [-0.15, -0.1) is 0 Å². The number of hydrogen-bond acceptors (Lipinski definition) is 6. The van der Waals surface area contributed by atoms with Crippen molar-refractivity contribution in [3.63, 3.8) is 0 Å². The van der Waals surface area contributed by atoms with Crippen LogP contribution in [0.3, 0.4) is 0 Å². The normalized spacial score (nSPS) is 12.2. The van der Waals surface area contributed by atoms with Gasteiger partial charge >= 0.3 is 11.9 Å². The third kappa shape index (κ3) is 6.34. The van der Waals surface area contributed by atoms with E-state index in [4.69, 9.17) is 4.74 Å². The molecular weight excluding hydrogens is 226 g/mol. The number of carbonyl (C=O) groups is 2. The molecule has 0 atom stereocenters. The first-order valence-electron chi connectivity index (χ1n) is 5.25. The molecule has 0 aromatic carbocycles. The second-order valence-corrected chi connectivity index (χ2v) is 2.99. The van der Waals surface area contributed by atoms with Crippen LogP contribution < -0.4 is 0 Å². The third-order valence-electron chi connectivity index (χ3n) is 1.63. The number of aliphatic imine (C=N–C) groups is 1. The van der Waals surface area contributed by atoms with Gasteiger partial charge in [0.25, 0.3) is 0 Å². The lowest BCUT2D eigenvalue weighted by molar-refractivity contribution is -0.141. The summed E-state index contributed by atoms with van der Waals surface area (Å²) in [5.41, 5.74) is -0.0730. The number of ether oxygens (including phenoxy) is 2. The van der Waals surface area contributed by atoms with E-state index in [2.05, 4.69) is 9.73 Å². The van der Waals surface area contributed by atoms with Gasteiger partial charge < -0.3 is 14.6 Å². The van der Waals surface area contributed by atoms with Crippen molar-refractivity contribution < 1.29 is 24.2 Å². The maximum atomic E-state index is 11.3. The molecule has 0 saturated carbocycles. The van der Waals surface area contributed by atoms with Gasteiger partial charge in [-0.25, -0.2) is 4.79 Å². The molecular formula is C11H17NO5. The summed E-state index contributed by atoms with van der Waals surface area (Å²) in [6, 6.07) is 0. The molecule has 0 heterocycles. The predicted molar refractivity (Wildman–Crippen MR) is 62.0 cm³/mol. The fraction of sp³-hybridized carbons (Fsp3) is 0.545. The SMILES string of the molecule is CCOC(=O)CN=C/C(C(=O)OCC)=C(/C)O. The number of carbonyl (C=O) groups excluding carboxylic acids is 2. The zero-order valence-corrected chi connectivity index (χ0v) is 10.2. The monoisotopic (exact) mass is 243 g/mol. The summed E-state index contributed by atoms with van der Waals surface area (Å²) < 4.78 is 9.35. The van der Waals surface area contributed by atoms with Crippen LogP contribution in [-0.4, -0.2) is 43.0 Å². The first-order valence-corrected chi connectivity index (χ1v) is 5.25. The van der Waals surface area contributed by atoms with Crippen LogP contribution in [0.1, 0.15) is 20.8 Å². The van der Waals surface area contributed by atoms with Crippen molar-refractivity contribution in [3.8, 4) is 0 Å². The van der Waals surface area contributed by atoms with Crippen molar-refractivity contribution in [3.05, 3.63) is 11.3 Å². The highest BCUT2D eigenvalue weighted by atomic mass is 16.5. The first-order chi connectivity index (χ1) is 8.02. The van der Waals surface area contributed by atoms with Crippen molar-refractivity contribution in [1.82, 2.24) is 0 Å². The van der Waals surface area contributed by atoms with Crippen molar-refractivity contribution in [2.45, 2.75) is 20.8 Å². The van der Waals surface area contributed by atoms with E-state index < -0.39 is 11.9 Å². The Balaban J connectivity index is 4.48. The fourth-order valence-corrected chi connectivity index (χ4v) is 0.921. The van der Waals surface area contributed by atoms with Crippen molar-refractivity contribution >= 4 is 18.2 Å². The van der Waals surface area contributed by atoms with Crippen LogP contribution in [-0.2, 0) is 19.1 Å². The Morgan fingerprint density at radius 1 is 1.24 bits per heavy atom. The van der Waals surface area contributed by atoms with E-state index in [0.29, 0.717) is 0 Å². The molecule has 0 aromatic heterocycles. The molecule has 0 aliphatic rings. The Labute approximate surface area is 99.9 Å². The van der Waals surface area contributed by atoms with Gasteiger partial charge in [0.2, 0.25) is 0 Å². The number of nitrogens with zero attached hydrogens (tertiary/aromatic N) is 1. The predicted octanol–water partition coefficient (Wildman–Crippen LogP) is 1.02. The van der Waals surface area contributed by atoms with Gasteiger partial charge in [0.05, 0.1) is 13.2 Å². The molecule has 0 rings (SSSR count). The van der Waals surface area contributed by atoms with Crippen molar-refractivity contribution in [2.75, 3.05) is 19.8 Å².